The molecule has 2 aromatic carbocycles. The minimum atomic E-state index is -4.13. The normalized spacial score (nSPS) is 11.2. The molecule has 4 nitrogen and oxygen atoms in total. The lowest BCUT2D eigenvalue weighted by Gasteiger charge is -2.07. The van der Waals surface area contributed by atoms with Crippen LogP contribution in [0.1, 0.15) is 5.56 Å². The van der Waals surface area contributed by atoms with Gasteiger partial charge >= 0.3 is 0 Å². The maximum atomic E-state index is 10.9. The van der Waals surface area contributed by atoms with Crippen molar-refractivity contribution < 1.29 is 13.0 Å². The molecule has 0 aliphatic carbocycles. The highest BCUT2D eigenvalue weighted by Crippen LogP contribution is 2.19. The van der Waals surface area contributed by atoms with Crippen LogP contribution in [0.3, 0.4) is 0 Å². The van der Waals surface area contributed by atoms with Crippen LogP contribution in [0.5, 0.6) is 0 Å². The van der Waals surface area contributed by atoms with Crippen LogP contribution >= 0.6 is 0 Å². The first-order valence-corrected chi connectivity index (χ1v) is 6.80. The Hall–Kier alpha value is -1.85. The zero-order chi connectivity index (χ0) is 13.2. The molecule has 0 aliphatic rings. The largest absolute Gasteiger partial charge is 0.356 e. The lowest BCUT2D eigenvalue weighted by molar-refractivity contribution is 0.483. The van der Waals surface area contributed by atoms with Crippen LogP contribution in [0, 0.1) is 6.92 Å². The van der Waals surface area contributed by atoms with E-state index in [1.807, 2.05) is 31.2 Å². The molecule has 0 atom stereocenters. The van der Waals surface area contributed by atoms with Crippen molar-refractivity contribution in [2.45, 2.75) is 11.8 Å². The van der Waals surface area contributed by atoms with Crippen molar-refractivity contribution in [3.05, 3.63) is 54.1 Å². The minimum absolute atomic E-state index is 0.114. The average Bonchev–Trinajstić information content (AvgIpc) is 2.28. The van der Waals surface area contributed by atoms with Gasteiger partial charge in [0.15, 0.2) is 0 Å². The fraction of sp³-hybridized carbons (Fsp3) is 0.0769. The molecule has 5 heteroatoms. The van der Waals surface area contributed by atoms with E-state index in [-0.39, 0.29) is 4.90 Å². The Kier molecular flexibility index (Phi) is 3.36. The van der Waals surface area contributed by atoms with Crippen LogP contribution in [0.4, 0.5) is 11.4 Å². The SMILES string of the molecule is Cc1cccc(Nc2ccc(S(=O)(=O)O)cc2)c1. The topological polar surface area (TPSA) is 66.4 Å². The fourth-order valence-electron chi connectivity index (χ4n) is 1.60. The fourth-order valence-corrected chi connectivity index (χ4v) is 2.08. The molecule has 0 heterocycles. The van der Waals surface area contributed by atoms with Crippen molar-refractivity contribution in [1.29, 1.82) is 0 Å². The predicted octanol–water partition coefficient (Wildman–Crippen LogP) is 2.99. The molecule has 0 aliphatic heterocycles. The van der Waals surface area contributed by atoms with Gasteiger partial charge in [0.2, 0.25) is 0 Å². The van der Waals surface area contributed by atoms with Gasteiger partial charge in [-0.2, -0.15) is 8.42 Å². The smallest absolute Gasteiger partial charge is 0.294 e. The highest BCUT2D eigenvalue weighted by Gasteiger charge is 2.08. The number of aryl methyl sites for hydroxylation is 1. The van der Waals surface area contributed by atoms with Crippen molar-refractivity contribution in [2.75, 3.05) is 5.32 Å². The molecular formula is C13H13NO3S. The molecule has 94 valence electrons. The molecule has 18 heavy (non-hydrogen) atoms. The van der Waals surface area contributed by atoms with Gasteiger partial charge in [0, 0.05) is 11.4 Å². The number of nitrogens with one attached hydrogen (secondary N) is 1. The van der Waals surface area contributed by atoms with Crippen molar-refractivity contribution in [3.8, 4) is 0 Å². The van der Waals surface area contributed by atoms with Gasteiger partial charge in [0.05, 0.1) is 4.90 Å². The summed E-state index contributed by atoms with van der Waals surface area (Å²) in [5.74, 6) is 0. The van der Waals surface area contributed by atoms with Crippen LogP contribution in [0.2, 0.25) is 0 Å². The van der Waals surface area contributed by atoms with Crippen molar-refractivity contribution in [2.24, 2.45) is 0 Å². The van der Waals surface area contributed by atoms with Crippen LogP contribution in [-0.2, 0) is 10.1 Å². The molecule has 0 fully saturated rings. The van der Waals surface area contributed by atoms with Gasteiger partial charge in [-0.1, -0.05) is 12.1 Å². The third kappa shape index (κ3) is 3.09. The summed E-state index contributed by atoms with van der Waals surface area (Å²) in [6.07, 6.45) is 0. The Labute approximate surface area is 106 Å². The molecule has 0 bridgehead atoms. The Balaban J connectivity index is 2.21. The Morgan fingerprint density at radius 1 is 1.00 bits per heavy atom. The third-order valence-electron chi connectivity index (χ3n) is 2.46. The van der Waals surface area contributed by atoms with Crippen LogP contribution in [0.25, 0.3) is 0 Å². The van der Waals surface area contributed by atoms with Crippen LogP contribution in [0.15, 0.2) is 53.4 Å². The van der Waals surface area contributed by atoms with Gasteiger partial charge < -0.3 is 5.32 Å². The molecule has 0 amide bonds. The second-order valence-electron chi connectivity index (χ2n) is 3.99. The summed E-state index contributed by atoms with van der Waals surface area (Å²) in [6.45, 7) is 1.99. The van der Waals surface area contributed by atoms with Gasteiger partial charge in [-0.15, -0.1) is 0 Å². The zero-order valence-corrected chi connectivity index (χ0v) is 10.6. The summed E-state index contributed by atoms with van der Waals surface area (Å²) in [6, 6.07) is 13.7. The van der Waals surface area contributed by atoms with E-state index >= 15 is 0 Å². The number of hydrogen-bond donors (Lipinski definition) is 2. The molecule has 0 aromatic heterocycles. The molecule has 2 aromatic rings. The third-order valence-corrected chi connectivity index (χ3v) is 3.33. The monoisotopic (exact) mass is 263 g/mol. The maximum absolute atomic E-state index is 10.9. The Bertz CT molecular complexity index is 648. The van der Waals surface area contributed by atoms with E-state index in [1.54, 1.807) is 12.1 Å². The zero-order valence-electron chi connectivity index (χ0n) is 9.79. The van der Waals surface area contributed by atoms with E-state index in [1.165, 1.54) is 12.1 Å². The summed E-state index contributed by atoms with van der Waals surface area (Å²) < 4.78 is 30.6. The second-order valence-corrected chi connectivity index (χ2v) is 5.42. The second kappa shape index (κ2) is 4.80. The first-order valence-electron chi connectivity index (χ1n) is 5.36. The predicted molar refractivity (Wildman–Crippen MR) is 70.7 cm³/mol. The molecule has 0 unspecified atom stereocenters. The molecule has 2 N–H and O–H groups in total. The summed E-state index contributed by atoms with van der Waals surface area (Å²) in [5.41, 5.74) is 2.82. The molecule has 0 saturated heterocycles. The van der Waals surface area contributed by atoms with E-state index in [9.17, 15) is 8.42 Å². The summed E-state index contributed by atoms with van der Waals surface area (Å²) in [4.78, 5) is -0.114. The van der Waals surface area contributed by atoms with E-state index in [4.69, 9.17) is 4.55 Å². The number of rotatable bonds is 3. The molecular weight excluding hydrogens is 250 g/mol. The highest BCUT2D eigenvalue weighted by atomic mass is 32.2. The summed E-state index contributed by atoms with van der Waals surface area (Å²) >= 11 is 0. The van der Waals surface area contributed by atoms with E-state index in [0.717, 1.165) is 16.9 Å². The molecule has 0 radical (unpaired) electrons. The molecule has 2 rings (SSSR count). The van der Waals surface area contributed by atoms with Crippen molar-refractivity contribution >= 4 is 21.5 Å². The summed E-state index contributed by atoms with van der Waals surface area (Å²) in [7, 11) is -4.13. The van der Waals surface area contributed by atoms with E-state index in [0.29, 0.717) is 0 Å². The first kappa shape index (κ1) is 12.6. The van der Waals surface area contributed by atoms with Gasteiger partial charge in [-0.05, 0) is 48.9 Å². The van der Waals surface area contributed by atoms with E-state index < -0.39 is 10.1 Å². The van der Waals surface area contributed by atoms with Gasteiger partial charge in [0.1, 0.15) is 0 Å². The van der Waals surface area contributed by atoms with Crippen LogP contribution < -0.4 is 5.32 Å². The lowest BCUT2D eigenvalue weighted by Crippen LogP contribution is -1.98. The first-order chi connectivity index (χ1) is 8.45. The molecule has 0 saturated carbocycles. The van der Waals surface area contributed by atoms with Gasteiger partial charge in [-0.3, -0.25) is 4.55 Å². The standard InChI is InChI=1S/C13H13NO3S/c1-10-3-2-4-12(9-10)14-11-5-7-13(8-6-11)18(15,16)17/h2-9,14H,1H3,(H,15,16,17). The number of anilines is 2. The van der Waals surface area contributed by atoms with Crippen molar-refractivity contribution in [3.63, 3.8) is 0 Å². The Morgan fingerprint density at radius 3 is 2.22 bits per heavy atom. The van der Waals surface area contributed by atoms with Gasteiger partial charge in [-0.25, -0.2) is 0 Å². The number of hydrogen-bond acceptors (Lipinski definition) is 3. The quantitative estimate of drug-likeness (QED) is 0.835. The van der Waals surface area contributed by atoms with Gasteiger partial charge in [0.25, 0.3) is 10.1 Å². The maximum Gasteiger partial charge on any atom is 0.294 e. The Morgan fingerprint density at radius 2 is 1.67 bits per heavy atom. The van der Waals surface area contributed by atoms with E-state index in [2.05, 4.69) is 5.32 Å². The average molecular weight is 263 g/mol. The van der Waals surface area contributed by atoms with Crippen molar-refractivity contribution in [1.82, 2.24) is 0 Å². The summed E-state index contributed by atoms with van der Waals surface area (Å²) in [5, 5.41) is 3.15. The molecule has 0 spiro atoms. The lowest BCUT2D eigenvalue weighted by atomic mass is 10.2. The highest BCUT2D eigenvalue weighted by molar-refractivity contribution is 7.85. The number of benzene rings is 2. The van der Waals surface area contributed by atoms with Crippen LogP contribution in [-0.4, -0.2) is 13.0 Å². The minimum Gasteiger partial charge on any atom is -0.356 e.